The molecule has 0 fully saturated rings. The summed E-state index contributed by atoms with van der Waals surface area (Å²) in [6.45, 7) is 3.91. The third-order valence-corrected chi connectivity index (χ3v) is 2.13. The number of rotatable bonds is 2. The topological polar surface area (TPSA) is 17.1 Å². The number of halogens is 1. The highest BCUT2D eigenvalue weighted by Gasteiger charge is 2.09. The van der Waals surface area contributed by atoms with E-state index in [1.165, 1.54) is 0 Å². The smallest absolute Gasteiger partial charge is 0.252 e. The van der Waals surface area contributed by atoms with Crippen LogP contribution in [0.15, 0.2) is 18.2 Å². The van der Waals surface area contributed by atoms with E-state index in [0.29, 0.717) is 5.56 Å². The largest absolute Gasteiger partial charge is 0.276 e. The van der Waals surface area contributed by atoms with Gasteiger partial charge in [-0.3, -0.25) is 4.79 Å². The van der Waals surface area contributed by atoms with Gasteiger partial charge >= 0.3 is 0 Å². The molecule has 0 radical (unpaired) electrons. The highest BCUT2D eigenvalue weighted by Crippen LogP contribution is 2.16. The van der Waals surface area contributed by atoms with Crippen molar-refractivity contribution >= 4 is 16.8 Å². The lowest BCUT2D eigenvalue weighted by molar-refractivity contribution is 0.108. The van der Waals surface area contributed by atoms with Gasteiger partial charge in [0, 0.05) is 5.56 Å². The van der Waals surface area contributed by atoms with Crippen molar-refractivity contribution in [2.45, 2.75) is 20.3 Å². The second kappa shape index (κ2) is 3.72. The van der Waals surface area contributed by atoms with Crippen molar-refractivity contribution in [1.29, 1.82) is 0 Å². The van der Waals surface area contributed by atoms with E-state index in [2.05, 4.69) is 0 Å². The lowest BCUT2D eigenvalue weighted by atomic mass is 10.0. The summed E-state index contributed by atoms with van der Waals surface area (Å²) < 4.78 is 0. The third-order valence-electron chi connectivity index (χ3n) is 1.94. The lowest BCUT2D eigenvalue weighted by Crippen LogP contribution is -1.99. The monoisotopic (exact) mass is 182 g/mol. The Bertz CT molecular complexity index is 305. The van der Waals surface area contributed by atoms with Crippen LogP contribution in [0.25, 0.3) is 0 Å². The molecule has 0 amide bonds. The molecule has 0 unspecified atom stereocenters. The Labute approximate surface area is 77.4 Å². The molecule has 0 aliphatic rings. The quantitative estimate of drug-likeness (QED) is 0.643. The van der Waals surface area contributed by atoms with Crippen LogP contribution >= 0.6 is 11.6 Å². The summed E-state index contributed by atoms with van der Waals surface area (Å²) in [6.07, 6.45) is 0.843. The minimum Gasteiger partial charge on any atom is -0.276 e. The number of hydrogen-bond donors (Lipinski definition) is 0. The Hall–Kier alpha value is -0.820. The molecule has 0 aromatic heterocycles. The Morgan fingerprint density at radius 1 is 1.50 bits per heavy atom. The van der Waals surface area contributed by atoms with E-state index in [1.54, 1.807) is 0 Å². The zero-order valence-electron chi connectivity index (χ0n) is 7.23. The van der Waals surface area contributed by atoms with E-state index < -0.39 is 0 Å². The third kappa shape index (κ3) is 1.67. The fourth-order valence-electron chi connectivity index (χ4n) is 1.30. The molecule has 1 aromatic rings. The Morgan fingerprint density at radius 3 is 2.58 bits per heavy atom. The first kappa shape index (κ1) is 9.27. The van der Waals surface area contributed by atoms with Crippen LogP contribution in [-0.2, 0) is 6.42 Å². The maximum atomic E-state index is 11.0. The van der Waals surface area contributed by atoms with E-state index >= 15 is 0 Å². The van der Waals surface area contributed by atoms with Crippen molar-refractivity contribution in [2.24, 2.45) is 0 Å². The normalized spacial score (nSPS) is 9.92. The second-order valence-electron chi connectivity index (χ2n) is 2.74. The Kier molecular flexibility index (Phi) is 2.88. The Balaban J connectivity index is 3.29. The maximum Gasteiger partial charge on any atom is 0.252 e. The number of aryl methyl sites for hydroxylation is 2. The van der Waals surface area contributed by atoms with Gasteiger partial charge < -0.3 is 0 Å². The first-order valence-corrected chi connectivity index (χ1v) is 4.33. The average Bonchev–Trinajstić information content (AvgIpc) is 2.03. The second-order valence-corrected chi connectivity index (χ2v) is 3.08. The Morgan fingerprint density at radius 2 is 2.17 bits per heavy atom. The fraction of sp³-hybridized carbons (Fsp3) is 0.300. The van der Waals surface area contributed by atoms with Gasteiger partial charge in [0.05, 0.1) is 0 Å². The molecule has 64 valence electrons. The van der Waals surface area contributed by atoms with Gasteiger partial charge in [-0.25, -0.2) is 0 Å². The van der Waals surface area contributed by atoms with E-state index in [1.807, 2.05) is 32.0 Å². The van der Waals surface area contributed by atoms with Crippen LogP contribution in [0.1, 0.15) is 28.4 Å². The fourth-order valence-corrected chi connectivity index (χ4v) is 1.57. The predicted octanol–water partition coefficient (Wildman–Crippen LogP) is 2.94. The van der Waals surface area contributed by atoms with Crippen molar-refractivity contribution < 1.29 is 4.79 Å². The highest BCUT2D eigenvalue weighted by atomic mass is 35.5. The summed E-state index contributed by atoms with van der Waals surface area (Å²) in [4.78, 5) is 11.0. The summed E-state index contributed by atoms with van der Waals surface area (Å²) in [5.74, 6) is 0. The number of carbonyl (C=O) groups excluding carboxylic acids is 1. The van der Waals surface area contributed by atoms with Gasteiger partial charge in [0.25, 0.3) is 5.24 Å². The molecule has 0 atom stereocenters. The van der Waals surface area contributed by atoms with Gasteiger partial charge in [-0.15, -0.1) is 0 Å². The lowest BCUT2D eigenvalue weighted by Gasteiger charge is -2.05. The van der Waals surface area contributed by atoms with Crippen LogP contribution in [0.4, 0.5) is 0 Å². The molecule has 0 N–H and O–H groups in total. The summed E-state index contributed by atoms with van der Waals surface area (Å²) in [6, 6.07) is 5.77. The predicted molar refractivity (Wildman–Crippen MR) is 50.7 cm³/mol. The van der Waals surface area contributed by atoms with E-state index in [0.717, 1.165) is 17.5 Å². The number of carbonyl (C=O) groups is 1. The molecule has 0 bridgehead atoms. The van der Waals surface area contributed by atoms with Gasteiger partial charge in [-0.1, -0.05) is 25.1 Å². The SMILES string of the molecule is CCc1cccc(C)c1C(=O)Cl. The molecule has 1 nitrogen and oxygen atoms in total. The molecule has 0 saturated carbocycles. The summed E-state index contributed by atoms with van der Waals surface area (Å²) in [5.41, 5.74) is 2.64. The van der Waals surface area contributed by atoms with Gasteiger partial charge in [0.15, 0.2) is 0 Å². The molecule has 1 rings (SSSR count). The van der Waals surface area contributed by atoms with Crippen LogP contribution in [0, 0.1) is 6.92 Å². The average molecular weight is 183 g/mol. The van der Waals surface area contributed by atoms with Gasteiger partial charge in [-0.2, -0.15) is 0 Å². The van der Waals surface area contributed by atoms with Crippen LogP contribution in [0.2, 0.25) is 0 Å². The van der Waals surface area contributed by atoms with Gasteiger partial charge in [-0.05, 0) is 36.1 Å². The van der Waals surface area contributed by atoms with Crippen LogP contribution < -0.4 is 0 Å². The summed E-state index contributed by atoms with van der Waals surface area (Å²) >= 11 is 5.45. The number of benzene rings is 1. The molecule has 0 heterocycles. The van der Waals surface area contributed by atoms with Gasteiger partial charge in [0.1, 0.15) is 0 Å². The molecule has 2 heteroatoms. The highest BCUT2D eigenvalue weighted by molar-refractivity contribution is 6.68. The minimum atomic E-state index is -0.357. The van der Waals surface area contributed by atoms with Crippen LogP contribution in [0.5, 0.6) is 0 Å². The van der Waals surface area contributed by atoms with Crippen molar-refractivity contribution in [3.63, 3.8) is 0 Å². The summed E-state index contributed by atoms with van der Waals surface area (Å²) in [7, 11) is 0. The standard InChI is InChI=1S/C10H11ClO/c1-3-8-6-4-5-7(2)9(8)10(11)12/h4-6H,3H2,1-2H3. The molecule has 1 aromatic carbocycles. The molecule has 0 aliphatic carbocycles. The van der Waals surface area contributed by atoms with Crippen molar-refractivity contribution in [3.8, 4) is 0 Å². The van der Waals surface area contributed by atoms with E-state index in [4.69, 9.17) is 11.6 Å². The van der Waals surface area contributed by atoms with Crippen molar-refractivity contribution in [1.82, 2.24) is 0 Å². The zero-order chi connectivity index (χ0) is 9.14. The van der Waals surface area contributed by atoms with Crippen LogP contribution in [-0.4, -0.2) is 5.24 Å². The first-order valence-electron chi connectivity index (χ1n) is 3.95. The van der Waals surface area contributed by atoms with Crippen LogP contribution in [0.3, 0.4) is 0 Å². The number of hydrogen-bond acceptors (Lipinski definition) is 1. The van der Waals surface area contributed by atoms with Gasteiger partial charge in [0.2, 0.25) is 0 Å². The zero-order valence-corrected chi connectivity index (χ0v) is 7.98. The molecular formula is C10H11ClO. The molecular weight excluding hydrogens is 172 g/mol. The van der Waals surface area contributed by atoms with Crippen molar-refractivity contribution in [3.05, 3.63) is 34.9 Å². The van der Waals surface area contributed by atoms with E-state index in [-0.39, 0.29) is 5.24 Å². The molecule has 0 saturated heterocycles. The summed E-state index contributed by atoms with van der Waals surface area (Å²) in [5, 5.41) is -0.357. The van der Waals surface area contributed by atoms with Crippen molar-refractivity contribution in [2.75, 3.05) is 0 Å². The maximum absolute atomic E-state index is 11.0. The molecule has 0 spiro atoms. The first-order chi connectivity index (χ1) is 5.66. The van der Waals surface area contributed by atoms with E-state index in [9.17, 15) is 4.79 Å². The minimum absolute atomic E-state index is 0.357. The molecule has 12 heavy (non-hydrogen) atoms. The molecule has 0 aliphatic heterocycles.